The van der Waals surface area contributed by atoms with E-state index in [1.807, 2.05) is 13.8 Å². The largest absolute Gasteiger partial charge is 0.328 e. The van der Waals surface area contributed by atoms with Crippen molar-refractivity contribution in [1.29, 1.82) is 0 Å². The molecule has 1 aromatic heterocycles. The van der Waals surface area contributed by atoms with Gasteiger partial charge in [-0.05, 0) is 12.8 Å². The number of ketones is 1. The molecule has 5 nitrogen and oxygen atoms in total. The molecule has 0 fully saturated rings. The molecule has 1 N–H and O–H groups in total. The van der Waals surface area contributed by atoms with Crippen LogP contribution in [0.1, 0.15) is 25.8 Å². The van der Waals surface area contributed by atoms with Gasteiger partial charge in [0.15, 0.2) is 5.78 Å². The summed E-state index contributed by atoms with van der Waals surface area (Å²) >= 11 is 0. The van der Waals surface area contributed by atoms with Crippen LogP contribution < -0.4 is 11.2 Å². The second kappa shape index (κ2) is 4.92. The van der Waals surface area contributed by atoms with Crippen molar-refractivity contribution in [1.82, 2.24) is 9.55 Å². The first-order valence-electron chi connectivity index (χ1n) is 5.22. The summed E-state index contributed by atoms with van der Waals surface area (Å²) < 4.78 is 1.24. The number of nitrogens with zero attached hydrogens (tertiary/aromatic N) is 1. The van der Waals surface area contributed by atoms with Crippen LogP contribution in [0.2, 0.25) is 0 Å². The van der Waals surface area contributed by atoms with E-state index < -0.39 is 11.2 Å². The predicted octanol–water partition coefficient (Wildman–Crippen LogP) is 0.460. The average Bonchev–Trinajstić information content (AvgIpc) is 2.12. The number of hydrogen-bond acceptors (Lipinski definition) is 3. The lowest BCUT2D eigenvalue weighted by Crippen LogP contribution is -2.32. The Hall–Kier alpha value is -1.65. The number of aromatic nitrogens is 2. The standard InChI is InChI=1S/C11H16N2O3/c1-7(2)4-9(14)6-13-5-8(3)10(15)12-11(13)16/h5,7H,4,6H2,1-3H3,(H,12,15,16). The average molecular weight is 224 g/mol. The monoisotopic (exact) mass is 224 g/mol. The maximum absolute atomic E-state index is 11.5. The van der Waals surface area contributed by atoms with E-state index in [-0.39, 0.29) is 18.2 Å². The van der Waals surface area contributed by atoms with E-state index in [2.05, 4.69) is 4.98 Å². The highest BCUT2D eigenvalue weighted by atomic mass is 16.2. The second-order valence-electron chi connectivity index (χ2n) is 4.34. The normalized spacial score (nSPS) is 10.8. The summed E-state index contributed by atoms with van der Waals surface area (Å²) in [6, 6.07) is 0. The summed E-state index contributed by atoms with van der Waals surface area (Å²) in [4.78, 5) is 36.2. The second-order valence-corrected chi connectivity index (χ2v) is 4.34. The fourth-order valence-electron chi connectivity index (χ4n) is 1.45. The summed E-state index contributed by atoms with van der Waals surface area (Å²) in [6.07, 6.45) is 1.85. The van der Waals surface area contributed by atoms with Crippen LogP contribution in [0.5, 0.6) is 0 Å². The zero-order valence-electron chi connectivity index (χ0n) is 9.74. The third-order valence-electron chi connectivity index (χ3n) is 2.17. The summed E-state index contributed by atoms with van der Waals surface area (Å²) in [6.45, 7) is 5.51. The molecule has 0 aliphatic rings. The molecule has 1 heterocycles. The van der Waals surface area contributed by atoms with Crippen molar-refractivity contribution < 1.29 is 4.79 Å². The fraction of sp³-hybridized carbons (Fsp3) is 0.545. The molecule has 0 radical (unpaired) electrons. The Labute approximate surface area is 93.1 Å². The molecule has 0 saturated heterocycles. The highest BCUT2D eigenvalue weighted by molar-refractivity contribution is 5.78. The minimum absolute atomic E-state index is 0.0106. The lowest BCUT2D eigenvalue weighted by Gasteiger charge is -2.06. The van der Waals surface area contributed by atoms with Crippen LogP contribution in [0.25, 0.3) is 0 Å². The van der Waals surface area contributed by atoms with Crippen molar-refractivity contribution in [2.45, 2.75) is 33.7 Å². The summed E-state index contributed by atoms with van der Waals surface area (Å²) in [5, 5.41) is 0. The lowest BCUT2D eigenvalue weighted by molar-refractivity contribution is -0.120. The molecule has 0 unspecified atom stereocenters. The molecule has 0 bridgehead atoms. The van der Waals surface area contributed by atoms with Gasteiger partial charge in [0.1, 0.15) is 0 Å². The van der Waals surface area contributed by atoms with Gasteiger partial charge in [-0.1, -0.05) is 13.8 Å². The van der Waals surface area contributed by atoms with Crippen LogP contribution in [0.4, 0.5) is 0 Å². The Balaban J connectivity index is 2.90. The van der Waals surface area contributed by atoms with Crippen molar-refractivity contribution in [3.8, 4) is 0 Å². The number of aromatic amines is 1. The molecule has 0 aliphatic heterocycles. The molecule has 88 valence electrons. The Morgan fingerprint density at radius 2 is 2.06 bits per heavy atom. The topological polar surface area (TPSA) is 71.9 Å². The van der Waals surface area contributed by atoms with Crippen LogP contribution >= 0.6 is 0 Å². The molecular weight excluding hydrogens is 208 g/mol. The minimum atomic E-state index is -0.535. The van der Waals surface area contributed by atoms with Gasteiger partial charge in [0.2, 0.25) is 0 Å². The molecule has 0 aliphatic carbocycles. The first-order valence-corrected chi connectivity index (χ1v) is 5.22. The highest BCUT2D eigenvalue weighted by Crippen LogP contribution is 2.01. The van der Waals surface area contributed by atoms with E-state index in [9.17, 15) is 14.4 Å². The van der Waals surface area contributed by atoms with Crippen LogP contribution in [0.3, 0.4) is 0 Å². The van der Waals surface area contributed by atoms with Crippen molar-refractivity contribution in [3.63, 3.8) is 0 Å². The van der Waals surface area contributed by atoms with Crippen molar-refractivity contribution in [2.24, 2.45) is 5.92 Å². The third-order valence-corrected chi connectivity index (χ3v) is 2.17. The maximum atomic E-state index is 11.5. The number of aryl methyl sites for hydroxylation is 1. The van der Waals surface area contributed by atoms with E-state index in [1.54, 1.807) is 6.92 Å². The zero-order valence-corrected chi connectivity index (χ0v) is 9.74. The Morgan fingerprint density at radius 3 is 2.62 bits per heavy atom. The molecule has 1 aromatic rings. The molecular formula is C11H16N2O3. The lowest BCUT2D eigenvalue weighted by atomic mass is 10.1. The Morgan fingerprint density at radius 1 is 1.44 bits per heavy atom. The number of hydrogen-bond donors (Lipinski definition) is 1. The number of Topliss-reactive ketones (excluding diaryl/α,β-unsaturated/α-hetero) is 1. The number of carbonyl (C=O) groups is 1. The first-order chi connectivity index (χ1) is 7.40. The molecule has 0 aromatic carbocycles. The van der Waals surface area contributed by atoms with Gasteiger partial charge in [-0.2, -0.15) is 0 Å². The molecule has 0 saturated carbocycles. The first kappa shape index (κ1) is 12.4. The van der Waals surface area contributed by atoms with Crippen LogP contribution in [0, 0.1) is 12.8 Å². The fourth-order valence-corrected chi connectivity index (χ4v) is 1.45. The third kappa shape index (κ3) is 3.18. The minimum Gasteiger partial charge on any atom is -0.298 e. The Bertz CT molecular complexity index is 497. The van der Waals surface area contributed by atoms with Crippen molar-refractivity contribution in [2.75, 3.05) is 0 Å². The van der Waals surface area contributed by atoms with E-state index >= 15 is 0 Å². The van der Waals surface area contributed by atoms with Crippen LogP contribution in [-0.2, 0) is 11.3 Å². The maximum Gasteiger partial charge on any atom is 0.328 e. The van der Waals surface area contributed by atoms with E-state index in [0.717, 1.165) is 0 Å². The number of nitrogens with one attached hydrogen (secondary N) is 1. The SMILES string of the molecule is Cc1cn(CC(=O)CC(C)C)c(=O)[nH]c1=O. The number of H-pyrrole nitrogens is 1. The molecule has 0 amide bonds. The molecule has 16 heavy (non-hydrogen) atoms. The van der Waals surface area contributed by atoms with Crippen LogP contribution in [-0.4, -0.2) is 15.3 Å². The van der Waals surface area contributed by atoms with Gasteiger partial charge in [0.25, 0.3) is 5.56 Å². The summed E-state index contributed by atoms with van der Waals surface area (Å²) in [5.74, 6) is 0.260. The van der Waals surface area contributed by atoms with Gasteiger partial charge in [-0.3, -0.25) is 19.1 Å². The highest BCUT2D eigenvalue weighted by Gasteiger charge is 2.08. The van der Waals surface area contributed by atoms with Gasteiger partial charge in [0, 0.05) is 18.2 Å². The molecule has 1 rings (SSSR count). The van der Waals surface area contributed by atoms with Gasteiger partial charge in [0.05, 0.1) is 6.54 Å². The van der Waals surface area contributed by atoms with E-state index in [4.69, 9.17) is 0 Å². The zero-order chi connectivity index (χ0) is 12.3. The van der Waals surface area contributed by atoms with Crippen molar-refractivity contribution >= 4 is 5.78 Å². The quantitative estimate of drug-likeness (QED) is 0.807. The van der Waals surface area contributed by atoms with Gasteiger partial charge < -0.3 is 0 Å². The summed E-state index contributed by atoms with van der Waals surface area (Å²) in [5.41, 5.74) is -0.512. The predicted molar refractivity (Wildman–Crippen MR) is 60.5 cm³/mol. The number of carbonyl (C=O) groups excluding carboxylic acids is 1. The van der Waals surface area contributed by atoms with Crippen LogP contribution in [0.15, 0.2) is 15.8 Å². The van der Waals surface area contributed by atoms with Gasteiger partial charge in [-0.25, -0.2) is 4.79 Å². The smallest absolute Gasteiger partial charge is 0.298 e. The molecule has 0 atom stereocenters. The van der Waals surface area contributed by atoms with E-state index in [0.29, 0.717) is 12.0 Å². The molecule has 5 heteroatoms. The Kier molecular flexibility index (Phi) is 3.82. The van der Waals surface area contributed by atoms with Crippen molar-refractivity contribution in [3.05, 3.63) is 32.6 Å². The van der Waals surface area contributed by atoms with Gasteiger partial charge in [-0.15, -0.1) is 0 Å². The van der Waals surface area contributed by atoms with Gasteiger partial charge >= 0.3 is 5.69 Å². The molecule has 0 spiro atoms. The van der Waals surface area contributed by atoms with E-state index in [1.165, 1.54) is 10.8 Å². The summed E-state index contributed by atoms with van der Waals surface area (Å²) in [7, 11) is 0. The number of rotatable bonds is 4.